The van der Waals surface area contributed by atoms with E-state index >= 15 is 0 Å². The molecule has 0 bridgehead atoms. The lowest BCUT2D eigenvalue weighted by atomic mass is 10.0. The molecule has 0 aliphatic rings. The van der Waals surface area contributed by atoms with E-state index in [0.717, 1.165) is 12.1 Å². The Morgan fingerprint density at radius 1 is 1.28 bits per heavy atom. The molecule has 0 saturated carbocycles. The Morgan fingerprint density at radius 2 is 2.00 bits per heavy atom. The minimum Gasteiger partial charge on any atom is -0.465 e. The fourth-order valence-corrected chi connectivity index (χ4v) is 1.76. The van der Waals surface area contributed by atoms with Gasteiger partial charge < -0.3 is 10.5 Å². The zero-order valence-corrected chi connectivity index (χ0v) is 11.4. The molecule has 0 aliphatic heterocycles. The van der Waals surface area contributed by atoms with Crippen LogP contribution in [0.5, 0.6) is 0 Å². The molecule has 3 heteroatoms. The number of hydrogen-bond acceptors (Lipinski definition) is 2. The SMILES string of the molecule is CCCC[C@@H](CC)COC(N)=Nc1ccccc1. The van der Waals surface area contributed by atoms with Crippen LogP contribution in [0.1, 0.15) is 39.5 Å². The van der Waals surface area contributed by atoms with Gasteiger partial charge in [0.15, 0.2) is 0 Å². The highest BCUT2D eigenvalue weighted by atomic mass is 16.5. The average Bonchev–Trinajstić information content (AvgIpc) is 2.40. The molecule has 1 aromatic rings. The standard InChI is InChI=1S/C15H24N2O/c1-3-5-9-13(4-2)12-18-15(16)17-14-10-7-6-8-11-14/h6-8,10-11,13H,3-5,9,12H2,1-2H3,(H2,16,17)/t13-/m1/s1. The summed E-state index contributed by atoms with van der Waals surface area (Å²) in [6, 6.07) is 9.89. The van der Waals surface area contributed by atoms with Crippen LogP contribution in [0.25, 0.3) is 0 Å². The van der Waals surface area contributed by atoms with Crippen LogP contribution in [-0.4, -0.2) is 12.6 Å². The summed E-state index contributed by atoms with van der Waals surface area (Å²) in [5.41, 5.74) is 6.60. The van der Waals surface area contributed by atoms with Crippen LogP contribution in [0, 0.1) is 5.92 Å². The molecule has 0 amide bonds. The summed E-state index contributed by atoms with van der Waals surface area (Å²) in [4.78, 5) is 4.22. The molecule has 1 rings (SSSR count). The monoisotopic (exact) mass is 248 g/mol. The number of nitrogens with two attached hydrogens (primary N) is 1. The van der Waals surface area contributed by atoms with Crippen molar-refractivity contribution >= 4 is 11.7 Å². The second-order valence-electron chi connectivity index (χ2n) is 4.51. The first-order valence-electron chi connectivity index (χ1n) is 6.78. The van der Waals surface area contributed by atoms with E-state index < -0.39 is 0 Å². The van der Waals surface area contributed by atoms with E-state index in [0.29, 0.717) is 12.5 Å². The highest BCUT2D eigenvalue weighted by molar-refractivity contribution is 5.75. The Hall–Kier alpha value is -1.51. The quantitative estimate of drug-likeness (QED) is 0.588. The van der Waals surface area contributed by atoms with Crippen LogP contribution in [0.2, 0.25) is 0 Å². The fraction of sp³-hybridized carbons (Fsp3) is 0.533. The minimum absolute atomic E-state index is 0.260. The van der Waals surface area contributed by atoms with Gasteiger partial charge in [0, 0.05) is 0 Å². The molecule has 1 aromatic carbocycles. The summed E-state index contributed by atoms with van der Waals surface area (Å²) < 4.78 is 5.52. The number of aliphatic imine (C=N–C) groups is 1. The third-order valence-corrected chi connectivity index (χ3v) is 3.01. The first kappa shape index (κ1) is 14.6. The van der Waals surface area contributed by atoms with Crippen LogP contribution in [0.15, 0.2) is 35.3 Å². The van der Waals surface area contributed by atoms with Crippen LogP contribution >= 0.6 is 0 Å². The molecule has 3 nitrogen and oxygen atoms in total. The lowest BCUT2D eigenvalue weighted by molar-refractivity contribution is 0.219. The van der Waals surface area contributed by atoms with Crippen molar-refractivity contribution in [3.05, 3.63) is 30.3 Å². The molecule has 0 saturated heterocycles. The van der Waals surface area contributed by atoms with E-state index in [9.17, 15) is 0 Å². The van der Waals surface area contributed by atoms with Crippen molar-refractivity contribution in [1.29, 1.82) is 0 Å². The van der Waals surface area contributed by atoms with Gasteiger partial charge in [0.1, 0.15) is 0 Å². The molecule has 1 atom stereocenters. The number of unbranched alkanes of at least 4 members (excludes halogenated alkanes) is 1. The molecule has 0 fully saturated rings. The number of ether oxygens (including phenoxy) is 1. The van der Waals surface area contributed by atoms with E-state index in [-0.39, 0.29) is 6.02 Å². The van der Waals surface area contributed by atoms with Gasteiger partial charge in [-0.05, 0) is 24.5 Å². The van der Waals surface area contributed by atoms with E-state index in [1.54, 1.807) is 0 Å². The number of hydrogen-bond donors (Lipinski definition) is 1. The molecule has 0 aromatic heterocycles. The largest absolute Gasteiger partial charge is 0.465 e. The molecule has 100 valence electrons. The Morgan fingerprint density at radius 3 is 2.61 bits per heavy atom. The maximum Gasteiger partial charge on any atom is 0.287 e. The lowest BCUT2D eigenvalue weighted by Crippen LogP contribution is -2.20. The Bertz CT molecular complexity index is 349. The molecular formula is C15H24N2O. The molecule has 18 heavy (non-hydrogen) atoms. The first-order chi connectivity index (χ1) is 8.76. The molecule has 2 N–H and O–H groups in total. The predicted octanol–water partition coefficient (Wildman–Crippen LogP) is 3.87. The second kappa shape index (κ2) is 8.56. The second-order valence-corrected chi connectivity index (χ2v) is 4.51. The maximum absolute atomic E-state index is 5.77. The van der Waals surface area contributed by atoms with Crippen LogP contribution < -0.4 is 5.73 Å². The van der Waals surface area contributed by atoms with E-state index in [1.807, 2.05) is 30.3 Å². The van der Waals surface area contributed by atoms with Crippen molar-refractivity contribution in [3.63, 3.8) is 0 Å². The summed E-state index contributed by atoms with van der Waals surface area (Å²) in [5, 5.41) is 0. The summed E-state index contributed by atoms with van der Waals surface area (Å²) >= 11 is 0. The molecule has 0 heterocycles. The van der Waals surface area contributed by atoms with Crippen molar-refractivity contribution < 1.29 is 4.74 Å². The number of para-hydroxylation sites is 1. The first-order valence-corrected chi connectivity index (χ1v) is 6.78. The highest BCUT2D eigenvalue weighted by Gasteiger charge is 2.07. The molecule has 0 aliphatic carbocycles. The van der Waals surface area contributed by atoms with Gasteiger partial charge >= 0.3 is 0 Å². The van der Waals surface area contributed by atoms with Gasteiger partial charge in [0.2, 0.25) is 0 Å². The zero-order chi connectivity index (χ0) is 13.2. The van der Waals surface area contributed by atoms with E-state index in [4.69, 9.17) is 10.5 Å². The summed E-state index contributed by atoms with van der Waals surface area (Å²) in [7, 11) is 0. The van der Waals surface area contributed by atoms with Crippen LogP contribution in [0.4, 0.5) is 5.69 Å². The summed E-state index contributed by atoms with van der Waals surface area (Å²) in [6.07, 6.45) is 4.80. The van der Waals surface area contributed by atoms with Crippen molar-refractivity contribution in [1.82, 2.24) is 0 Å². The van der Waals surface area contributed by atoms with Gasteiger partial charge in [-0.3, -0.25) is 0 Å². The minimum atomic E-state index is 0.260. The van der Waals surface area contributed by atoms with Crippen LogP contribution in [0.3, 0.4) is 0 Å². The lowest BCUT2D eigenvalue weighted by Gasteiger charge is -2.14. The van der Waals surface area contributed by atoms with E-state index in [2.05, 4.69) is 18.8 Å². The average molecular weight is 248 g/mol. The number of benzene rings is 1. The number of rotatable bonds is 7. The van der Waals surface area contributed by atoms with Gasteiger partial charge in [-0.2, -0.15) is 4.99 Å². The maximum atomic E-state index is 5.77. The predicted molar refractivity (Wildman–Crippen MR) is 77.0 cm³/mol. The third kappa shape index (κ3) is 5.71. The zero-order valence-electron chi connectivity index (χ0n) is 11.4. The van der Waals surface area contributed by atoms with Gasteiger partial charge in [0.25, 0.3) is 6.02 Å². The topological polar surface area (TPSA) is 47.6 Å². The van der Waals surface area contributed by atoms with Crippen molar-refractivity contribution in [3.8, 4) is 0 Å². The Labute approximate surface area is 110 Å². The molecular weight excluding hydrogens is 224 g/mol. The van der Waals surface area contributed by atoms with Gasteiger partial charge in [-0.1, -0.05) is 51.3 Å². The number of nitrogens with zero attached hydrogens (tertiary/aromatic N) is 1. The Balaban J connectivity index is 2.39. The molecule has 0 radical (unpaired) electrons. The summed E-state index contributed by atoms with van der Waals surface area (Å²) in [6.45, 7) is 5.06. The smallest absolute Gasteiger partial charge is 0.287 e. The molecule has 0 unspecified atom stereocenters. The van der Waals surface area contributed by atoms with Crippen molar-refractivity contribution in [2.24, 2.45) is 16.6 Å². The fourth-order valence-electron chi connectivity index (χ4n) is 1.76. The normalized spacial score (nSPS) is 13.3. The highest BCUT2D eigenvalue weighted by Crippen LogP contribution is 2.14. The third-order valence-electron chi connectivity index (χ3n) is 3.01. The molecule has 0 spiro atoms. The van der Waals surface area contributed by atoms with E-state index in [1.165, 1.54) is 19.3 Å². The van der Waals surface area contributed by atoms with Crippen LogP contribution in [-0.2, 0) is 4.74 Å². The van der Waals surface area contributed by atoms with Gasteiger partial charge in [-0.15, -0.1) is 0 Å². The van der Waals surface area contributed by atoms with Crippen molar-refractivity contribution in [2.45, 2.75) is 39.5 Å². The van der Waals surface area contributed by atoms with Crippen molar-refractivity contribution in [2.75, 3.05) is 6.61 Å². The van der Waals surface area contributed by atoms with Gasteiger partial charge in [-0.25, -0.2) is 0 Å². The number of amidine groups is 1. The Kier molecular flexibility index (Phi) is 6.92. The summed E-state index contributed by atoms with van der Waals surface area (Å²) in [5.74, 6) is 0.578. The van der Waals surface area contributed by atoms with Gasteiger partial charge in [0.05, 0.1) is 12.3 Å².